The molecule has 0 bridgehead atoms. The van der Waals surface area contributed by atoms with Gasteiger partial charge in [0.15, 0.2) is 0 Å². The van der Waals surface area contributed by atoms with E-state index in [2.05, 4.69) is 4.98 Å². The van der Waals surface area contributed by atoms with Crippen LogP contribution in [0.5, 0.6) is 0 Å². The van der Waals surface area contributed by atoms with Crippen LogP contribution in [0, 0.1) is 20.8 Å². The van der Waals surface area contributed by atoms with Gasteiger partial charge in [-0.25, -0.2) is 13.4 Å². The monoisotopic (exact) mass is 333 g/mol. The Morgan fingerprint density at radius 1 is 1.17 bits per heavy atom. The van der Waals surface area contributed by atoms with E-state index in [9.17, 15) is 13.0 Å². The van der Waals surface area contributed by atoms with Crippen LogP contribution in [-0.2, 0) is 10.1 Å². The second-order valence-corrected chi connectivity index (χ2v) is 6.73. The molecule has 1 unspecified atom stereocenters. The van der Waals surface area contributed by atoms with E-state index >= 15 is 0 Å². The number of nitrogens with two attached hydrogens (primary N) is 1. The molecule has 0 aliphatic carbocycles. The van der Waals surface area contributed by atoms with Gasteiger partial charge in [-0.05, 0) is 44.0 Å². The predicted molar refractivity (Wildman–Crippen MR) is 86.7 cm³/mol. The topological polar surface area (TPSA) is 101 Å². The molecular formula is C16H19N3O3S. The summed E-state index contributed by atoms with van der Waals surface area (Å²) in [5, 5.41) is 0.760. The van der Waals surface area contributed by atoms with Gasteiger partial charge in [0, 0.05) is 12.3 Å². The number of nitrogen functional groups attached to an aromatic ring is 1. The van der Waals surface area contributed by atoms with Crippen molar-refractivity contribution in [1.29, 1.82) is 0 Å². The minimum Gasteiger partial charge on any atom is -0.744 e. The van der Waals surface area contributed by atoms with Crippen molar-refractivity contribution in [2.45, 2.75) is 25.7 Å². The van der Waals surface area contributed by atoms with E-state index in [0.717, 1.165) is 22.0 Å². The fourth-order valence-corrected chi connectivity index (χ4v) is 3.52. The van der Waals surface area contributed by atoms with Gasteiger partial charge >= 0.3 is 0 Å². The SMILES string of the molecule is Cc1cc(C)c(S(=O)(=O)[O-])c(C)c1.N[NH+]1C=Cc2cccnc21. The van der Waals surface area contributed by atoms with Gasteiger partial charge in [0.1, 0.15) is 16.3 Å². The van der Waals surface area contributed by atoms with Crippen LogP contribution in [0.25, 0.3) is 6.08 Å². The largest absolute Gasteiger partial charge is 0.744 e. The zero-order valence-corrected chi connectivity index (χ0v) is 14.0. The smallest absolute Gasteiger partial charge is 0.257 e. The summed E-state index contributed by atoms with van der Waals surface area (Å²) in [6.45, 7) is 5.12. The number of hydrogen-bond donors (Lipinski definition) is 2. The zero-order valence-electron chi connectivity index (χ0n) is 13.2. The van der Waals surface area contributed by atoms with Crippen molar-refractivity contribution in [3.05, 3.63) is 58.9 Å². The predicted octanol–water partition coefficient (Wildman–Crippen LogP) is 0.972. The Morgan fingerprint density at radius 2 is 1.78 bits per heavy atom. The van der Waals surface area contributed by atoms with Gasteiger partial charge in [-0.2, -0.15) is 10.9 Å². The van der Waals surface area contributed by atoms with Crippen molar-refractivity contribution in [3.63, 3.8) is 0 Å². The van der Waals surface area contributed by atoms with Gasteiger partial charge in [-0.3, -0.25) is 0 Å². The lowest BCUT2D eigenvalue weighted by atomic mass is 10.1. The van der Waals surface area contributed by atoms with E-state index in [0.29, 0.717) is 11.1 Å². The Labute approximate surface area is 136 Å². The quantitative estimate of drug-likeness (QED) is 0.598. The molecule has 1 atom stereocenters. The summed E-state index contributed by atoms with van der Waals surface area (Å²) in [6, 6.07) is 7.29. The second kappa shape index (κ2) is 6.59. The summed E-state index contributed by atoms with van der Waals surface area (Å²) in [7, 11) is -4.33. The third-order valence-corrected chi connectivity index (χ3v) is 4.55. The maximum Gasteiger partial charge on any atom is 0.257 e. The van der Waals surface area contributed by atoms with Crippen LogP contribution in [0.3, 0.4) is 0 Å². The molecule has 1 aliphatic heterocycles. The van der Waals surface area contributed by atoms with Crippen LogP contribution >= 0.6 is 0 Å². The van der Waals surface area contributed by atoms with Crippen molar-refractivity contribution >= 4 is 22.0 Å². The molecule has 0 saturated heterocycles. The van der Waals surface area contributed by atoms with Gasteiger partial charge in [0.2, 0.25) is 0 Å². The molecule has 122 valence electrons. The van der Waals surface area contributed by atoms with Gasteiger partial charge in [0.25, 0.3) is 5.82 Å². The molecule has 23 heavy (non-hydrogen) atoms. The van der Waals surface area contributed by atoms with Crippen LogP contribution in [0.2, 0.25) is 0 Å². The van der Waals surface area contributed by atoms with Crippen LogP contribution in [-0.4, -0.2) is 18.0 Å². The average molecular weight is 333 g/mol. The van der Waals surface area contributed by atoms with Gasteiger partial charge < -0.3 is 4.55 Å². The van der Waals surface area contributed by atoms with E-state index < -0.39 is 10.1 Å². The minimum absolute atomic E-state index is 0.0851. The first-order chi connectivity index (χ1) is 10.7. The van der Waals surface area contributed by atoms with E-state index in [-0.39, 0.29) is 4.90 Å². The first kappa shape index (κ1) is 17.3. The first-order valence-electron chi connectivity index (χ1n) is 7.00. The fraction of sp³-hybridized carbons (Fsp3) is 0.188. The number of aryl methyl sites for hydroxylation is 3. The van der Waals surface area contributed by atoms with E-state index in [1.807, 2.05) is 31.3 Å². The number of benzene rings is 1. The minimum atomic E-state index is -4.33. The van der Waals surface area contributed by atoms with Crippen molar-refractivity contribution < 1.29 is 18.0 Å². The molecular weight excluding hydrogens is 314 g/mol. The molecule has 0 spiro atoms. The molecule has 3 N–H and O–H groups in total. The molecule has 1 aromatic carbocycles. The normalized spacial score (nSPS) is 15.8. The lowest BCUT2D eigenvalue weighted by Crippen LogP contribution is -3.08. The number of rotatable bonds is 1. The summed E-state index contributed by atoms with van der Waals surface area (Å²) in [6.07, 6.45) is 5.59. The Balaban J connectivity index is 0.000000172. The number of nitrogens with zero attached hydrogens (tertiary/aromatic N) is 1. The fourth-order valence-electron chi connectivity index (χ4n) is 2.61. The number of pyridine rings is 1. The van der Waals surface area contributed by atoms with Gasteiger partial charge in [0.05, 0.1) is 10.5 Å². The zero-order chi connectivity index (χ0) is 17.2. The highest BCUT2D eigenvalue weighted by molar-refractivity contribution is 7.85. The summed E-state index contributed by atoms with van der Waals surface area (Å²) >= 11 is 0. The molecule has 3 rings (SSSR count). The lowest BCUT2D eigenvalue weighted by Gasteiger charge is -2.14. The molecule has 0 radical (unpaired) electrons. The van der Waals surface area contributed by atoms with Crippen molar-refractivity contribution in [1.82, 2.24) is 4.98 Å². The highest BCUT2D eigenvalue weighted by Gasteiger charge is 2.16. The summed E-state index contributed by atoms with van der Waals surface area (Å²) in [4.78, 5) is 4.03. The van der Waals surface area contributed by atoms with E-state index in [4.69, 9.17) is 5.84 Å². The van der Waals surface area contributed by atoms with E-state index in [1.54, 1.807) is 32.2 Å². The molecule has 0 saturated carbocycles. The Kier molecular flexibility index (Phi) is 4.96. The maximum atomic E-state index is 10.8. The van der Waals surface area contributed by atoms with E-state index in [1.165, 1.54) is 0 Å². The Bertz CT molecular complexity index is 838. The van der Waals surface area contributed by atoms with Crippen molar-refractivity contribution in [2.75, 3.05) is 0 Å². The van der Waals surface area contributed by atoms with Crippen molar-refractivity contribution in [3.8, 4) is 0 Å². The molecule has 6 nitrogen and oxygen atoms in total. The summed E-state index contributed by atoms with van der Waals surface area (Å²) in [5.74, 6) is 6.52. The molecule has 2 aromatic rings. The van der Waals surface area contributed by atoms with Gasteiger partial charge in [-0.1, -0.05) is 17.7 Å². The molecule has 2 heterocycles. The van der Waals surface area contributed by atoms with Crippen LogP contribution in [0.1, 0.15) is 22.3 Å². The number of quaternary nitrogens is 1. The molecule has 1 aromatic heterocycles. The highest BCUT2D eigenvalue weighted by Crippen LogP contribution is 2.20. The Hall–Kier alpha value is -2.06. The van der Waals surface area contributed by atoms with Gasteiger partial charge in [-0.15, -0.1) is 0 Å². The maximum absolute atomic E-state index is 10.8. The molecule has 7 heteroatoms. The molecule has 1 aliphatic rings. The third-order valence-electron chi connectivity index (χ3n) is 3.41. The highest BCUT2D eigenvalue weighted by atomic mass is 32.2. The summed E-state index contributed by atoms with van der Waals surface area (Å²) in [5.41, 5.74) is 3.11. The second-order valence-electron chi connectivity index (χ2n) is 5.41. The number of nitrogens with one attached hydrogen (secondary N) is 1. The molecule has 0 amide bonds. The van der Waals surface area contributed by atoms with Crippen LogP contribution < -0.4 is 10.9 Å². The first-order valence-corrected chi connectivity index (χ1v) is 8.40. The Morgan fingerprint density at radius 3 is 2.30 bits per heavy atom. The third kappa shape index (κ3) is 4.02. The van der Waals surface area contributed by atoms with Crippen molar-refractivity contribution in [2.24, 2.45) is 5.84 Å². The number of fused-ring (bicyclic) bond motifs is 1. The number of hydrogen-bond acceptors (Lipinski definition) is 5. The van der Waals surface area contributed by atoms with Crippen LogP contribution in [0.15, 0.2) is 41.6 Å². The van der Waals surface area contributed by atoms with Crippen LogP contribution in [0.4, 0.5) is 5.82 Å². The lowest BCUT2D eigenvalue weighted by molar-refractivity contribution is -0.787. The molecule has 0 fully saturated rings. The average Bonchev–Trinajstić information content (AvgIpc) is 2.79. The summed E-state index contributed by atoms with van der Waals surface area (Å²) < 4.78 is 32.5. The number of aromatic nitrogens is 1. The standard InChI is InChI=1S/C9H12O3S.C7H7N3/c1-6-4-7(2)9(8(3)5-6)13(10,11)12;8-10-5-3-6-2-1-4-9-7(6)10/h4-5H,1-3H3,(H,10,11,12);1-5H,8H2.